The molecule has 0 aliphatic heterocycles. The van der Waals surface area contributed by atoms with Gasteiger partial charge < -0.3 is 11.1 Å². The van der Waals surface area contributed by atoms with Crippen LogP contribution >= 0.6 is 0 Å². The molecule has 0 aliphatic rings. The van der Waals surface area contributed by atoms with E-state index in [1.807, 2.05) is 52.8 Å². The molecule has 0 radical (unpaired) electrons. The van der Waals surface area contributed by atoms with Gasteiger partial charge >= 0.3 is 0 Å². The van der Waals surface area contributed by atoms with Gasteiger partial charge in [-0.1, -0.05) is 19.9 Å². The molecule has 1 atom stereocenters. The molecule has 1 amide bonds. The standard InChI is InChI=1S/C18H26N6O2/c1-9(2)12(5)24(20)18-22-16(14(15(19)25)17(26)23-18)21-13-7-10(3)6-11(4)8-13/h6-9,12H,20H2,1-5H3,(H2,19,25)(H2,21,22,23,26)/t12-/m1/s1. The van der Waals surface area contributed by atoms with Crippen molar-refractivity contribution in [1.82, 2.24) is 9.97 Å². The number of primary amides is 1. The van der Waals surface area contributed by atoms with E-state index in [1.165, 1.54) is 5.01 Å². The van der Waals surface area contributed by atoms with E-state index in [0.29, 0.717) is 5.69 Å². The molecule has 0 aliphatic carbocycles. The molecule has 2 rings (SSSR count). The van der Waals surface area contributed by atoms with Crippen molar-refractivity contribution in [2.45, 2.75) is 40.7 Å². The molecule has 1 heterocycles. The number of carbonyl (C=O) groups excluding carboxylic acids is 1. The predicted molar refractivity (Wildman–Crippen MR) is 104 cm³/mol. The van der Waals surface area contributed by atoms with Crippen LogP contribution in [0.4, 0.5) is 17.5 Å². The van der Waals surface area contributed by atoms with Gasteiger partial charge in [-0.3, -0.25) is 19.6 Å². The molecule has 26 heavy (non-hydrogen) atoms. The number of aromatic amines is 1. The lowest BCUT2D eigenvalue weighted by molar-refractivity contribution is 0.0999. The highest BCUT2D eigenvalue weighted by Gasteiger charge is 2.22. The number of aryl methyl sites for hydroxylation is 2. The molecular formula is C18H26N6O2. The maximum absolute atomic E-state index is 12.4. The summed E-state index contributed by atoms with van der Waals surface area (Å²) in [5, 5.41) is 4.40. The molecule has 1 aromatic carbocycles. The summed E-state index contributed by atoms with van der Waals surface area (Å²) in [6, 6.07) is 5.71. The fourth-order valence-electron chi connectivity index (χ4n) is 2.60. The molecule has 2 aromatic rings. The van der Waals surface area contributed by atoms with Crippen LogP contribution in [0.3, 0.4) is 0 Å². The van der Waals surface area contributed by atoms with E-state index < -0.39 is 11.5 Å². The Labute approximate surface area is 152 Å². The average molecular weight is 358 g/mol. The van der Waals surface area contributed by atoms with E-state index in [1.54, 1.807) is 0 Å². The first-order valence-corrected chi connectivity index (χ1v) is 8.43. The lowest BCUT2D eigenvalue weighted by Crippen LogP contribution is -2.44. The average Bonchev–Trinajstić information content (AvgIpc) is 2.51. The summed E-state index contributed by atoms with van der Waals surface area (Å²) < 4.78 is 0. The Morgan fingerprint density at radius 3 is 2.27 bits per heavy atom. The summed E-state index contributed by atoms with van der Waals surface area (Å²) in [6.45, 7) is 9.85. The number of hydrogen-bond donors (Lipinski definition) is 4. The SMILES string of the molecule is Cc1cc(C)cc(Nc2nc(N(N)[C@H](C)C(C)C)[nH]c(=O)c2C(N)=O)c1. The van der Waals surface area contributed by atoms with Crippen LogP contribution < -0.4 is 27.5 Å². The predicted octanol–water partition coefficient (Wildman–Crippen LogP) is 1.95. The van der Waals surface area contributed by atoms with Gasteiger partial charge in [0, 0.05) is 11.7 Å². The molecule has 0 unspecified atom stereocenters. The molecule has 0 fully saturated rings. The lowest BCUT2D eigenvalue weighted by atomic mass is 10.1. The summed E-state index contributed by atoms with van der Waals surface area (Å²) in [6.07, 6.45) is 0. The summed E-state index contributed by atoms with van der Waals surface area (Å²) in [4.78, 5) is 31.1. The monoisotopic (exact) mass is 358 g/mol. The van der Waals surface area contributed by atoms with Crippen molar-refractivity contribution in [2.24, 2.45) is 17.5 Å². The number of nitrogens with one attached hydrogen (secondary N) is 2. The number of H-pyrrole nitrogens is 1. The van der Waals surface area contributed by atoms with Crippen LogP contribution in [0, 0.1) is 19.8 Å². The second-order valence-corrected chi connectivity index (χ2v) is 6.87. The van der Waals surface area contributed by atoms with E-state index in [0.717, 1.165) is 11.1 Å². The van der Waals surface area contributed by atoms with E-state index in [2.05, 4.69) is 15.3 Å². The maximum Gasteiger partial charge on any atom is 0.267 e. The number of anilines is 3. The molecule has 1 aromatic heterocycles. The second kappa shape index (κ2) is 7.57. The second-order valence-electron chi connectivity index (χ2n) is 6.87. The van der Waals surface area contributed by atoms with Crippen molar-refractivity contribution in [1.29, 1.82) is 0 Å². The number of nitrogens with zero attached hydrogens (tertiary/aromatic N) is 2. The van der Waals surface area contributed by atoms with Crippen LogP contribution in [0.2, 0.25) is 0 Å². The van der Waals surface area contributed by atoms with Gasteiger partial charge in [-0.05, 0) is 49.9 Å². The number of carbonyl (C=O) groups is 1. The summed E-state index contributed by atoms with van der Waals surface area (Å²) >= 11 is 0. The third kappa shape index (κ3) is 4.20. The molecule has 0 bridgehead atoms. The maximum atomic E-state index is 12.4. The smallest absolute Gasteiger partial charge is 0.267 e. The minimum Gasteiger partial charge on any atom is -0.365 e. The van der Waals surface area contributed by atoms with E-state index in [-0.39, 0.29) is 29.3 Å². The van der Waals surface area contributed by atoms with Gasteiger partial charge in [-0.25, -0.2) is 5.84 Å². The zero-order valence-corrected chi connectivity index (χ0v) is 15.8. The van der Waals surface area contributed by atoms with Crippen LogP contribution in [0.25, 0.3) is 0 Å². The van der Waals surface area contributed by atoms with E-state index in [9.17, 15) is 9.59 Å². The number of hydrogen-bond acceptors (Lipinski definition) is 6. The molecule has 140 valence electrons. The zero-order chi connectivity index (χ0) is 19.6. The molecule has 8 nitrogen and oxygen atoms in total. The van der Waals surface area contributed by atoms with Crippen molar-refractivity contribution in [2.75, 3.05) is 10.3 Å². The number of benzene rings is 1. The minimum absolute atomic E-state index is 0.0765. The third-order valence-electron chi connectivity index (χ3n) is 4.29. The Hall–Kier alpha value is -2.87. The van der Waals surface area contributed by atoms with Gasteiger partial charge in [-0.2, -0.15) is 4.98 Å². The Bertz CT molecular complexity index is 854. The van der Waals surface area contributed by atoms with Crippen molar-refractivity contribution in [3.8, 4) is 0 Å². The molecule has 0 spiro atoms. The highest BCUT2D eigenvalue weighted by Crippen LogP contribution is 2.22. The topological polar surface area (TPSA) is 130 Å². The Balaban J connectivity index is 2.54. The van der Waals surface area contributed by atoms with E-state index in [4.69, 9.17) is 11.6 Å². The fraction of sp³-hybridized carbons (Fsp3) is 0.389. The van der Waals surface area contributed by atoms with Gasteiger partial charge in [0.05, 0.1) is 0 Å². The first kappa shape index (κ1) is 19.5. The summed E-state index contributed by atoms with van der Waals surface area (Å²) in [5.41, 5.74) is 7.28. The van der Waals surface area contributed by atoms with Gasteiger partial charge in [-0.15, -0.1) is 0 Å². The molecule has 6 N–H and O–H groups in total. The van der Waals surface area contributed by atoms with Gasteiger partial charge in [0.2, 0.25) is 5.95 Å². The molecule has 8 heteroatoms. The Kier molecular flexibility index (Phi) is 5.66. The van der Waals surface area contributed by atoms with E-state index >= 15 is 0 Å². The van der Waals surface area contributed by atoms with Gasteiger partial charge in [0.15, 0.2) is 5.82 Å². The highest BCUT2D eigenvalue weighted by atomic mass is 16.2. The first-order valence-electron chi connectivity index (χ1n) is 8.43. The number of rotatable bonds is 6. The third-order valence-corrected chi connectivity index (χ3v) is 4.29. The van der Waals surface area contributed by atoms with Gasteiger partial charge in [0.1, 0.15) is 5.56 Å². The van der Waals surface area contributed by atoms with Crippen molar-refractivity contribution in [3.63, 3.8) is 0 Å². The number of hydrazine groups is 1. The molecule has 0 saturated carbocycles. The van der Waals surface area contributed by atoms with Crippen LogP contribution in [-0.4, -0.2) is 21.9 Å². The van der Waals surface area contributed by atoms with Crippen LogP contribution in [-0.2, 0) is 0 Å². The van der Waals surface area contributed by atoms with Crippen molar-refractivity contribution >= 4 is 23.4 Å². The Morgan fingerprint density at radius 1 is 1.19 bits per heavy atom. The number of nitrogens with two attached hydrogens (primary N) is 2. The summed E-state index contributed by atoms with van der Waals surface area (Å²) in [7, 11) is 0. The minimum atomic E-state index is -0.863. The fourth-order valence-corrected chi connectivity index (χ4v) is 2.60. The quantitative estimate of drug-likeness (QED) is 0.461. The largest absolute Gasteiger partial charge is 0.365 e. The van der Waals surface area contributed by atoms with Crippen LogP contribution in [0.15, 0.2) is 23.0 Å². The van der Waals surface area contributed by atoms with Crippen LogP contribution in [0.5, 0.6) is 0 Å². The first-order chi connectivity index (χ1) is 12.1. The van der Waals surface area contributed by atoms with Crippen LogP contribution in [0.1, 0.15) is 42.3 Å². The van der Waals surface area contributed by atoms with Gasteiger partial charge in [0.25, 0.3) is 11.5 Å². The van der Waals surface area contributed by atoms with Crippen molar-refractivity contribution < 1.29 is 4.79 Å². The lowest BCUT2D eigenvalue weighted by Gasteiger charge is -2.28. The summed E-state index contributed by atoms with van der Waals surface area (Å²) in [5.74, 6) is 5.71. The highest BCUT2D eigenvalue weighted by molar-refractivity contribution is 5.98. The number of amides is 1. The Morgan fingerprint density at radius 2 is 1.77 bits per heavy atom. The van der Waals surface area contributed by atoms with Crippen molar-refractivity contribution in [3.05, 3.63) is 45.2 Å². The zero-order valence-electron chi connectivity index (χ0n) is 15.8. The molecular weight excluding hydrogens is 332 g/mol. The normalized spacial score (nSPS) is 12.1. The number of aromatic nitrogens is 2. The molecule has 0 saturated heterocycles.